The van der Waals surface area contributed by atoms with E-state index in [1.54, 1.807) is 4.68 Å². The summed E-state index contributed by atoms with van der Waals surface area (Å²) in [4.78, 5) is 2.19. The second-order valence-corrected chi connectivity index (χ2v) is 6.02. The van der Waals surface area contributed by atoms with Gasteiger partial charge in [0, 0.05) is 19.3 Å². The van der Waals surface area contributed by atoms with Crippen molar-refractivity contribution >= 4 is 0 Å². The monoisotopic (exact) mass is 322 g/mol. The molecule has 0 saturated carbocycles. The molecule has 1 N–H and O–H groups in total. The molecule has 24 heavy (non-hydrogen) atoms. The molecule has 0 radical (unpaired) electrons. The van der Waals surface area contributed by atoms with E-state index in [0.29, 0.717) is 6.54 Å². The summed E-state index contributed by atoms with van der Waals surface area (Å²) in [5, 5.41) is 18.6. The Kier molecular flexibility index (Phi) is 5.36. The summed E-state index contributed by atoms with van der Waals surface area (Å²) >= 11 is 0. The number of benzene rings is 2. The molecule has 0 fully saturated rings. The van der Waals surface area contributed by atoms with E-state index in [4.69, 9.17) is 0 Å². The van der Waals surface area contributed by atoms with Crippen LogP contribution >= 0.6 is 0 Å². The Labute approximate surface area is 142 Å². The van der Waals surface area contributed by atoms with Crippen molar-refractivity contribution in [3.8, 4) is 0 Å². The summed E-state index contributed by atoms with van der Waals surface area (Å²) in [7, 11) is 2.06. The van der Waals surface area contributed by atoms with E-state index in [2.05, 4.69) is 34.4 Å². The van der Waals surface area contributed by atoms with E-state index in [0.717, 1.165) is 24.3 Å². The van der Waals surface area contributed by atoms with Gasteiger partial charge in [0.2, 0.25) is 0 Å². The minimum atomic E-state index is -0.581. The van der Waals surface area contributed by atoms with Gasteiger partial charge in [-0.2, -0.15) is 0 Å². The van der Waals surface area contributed by atoms with Gasteiger partial charge in [-0.3, -0.25) is 4.90 Å². The predicted octanol–water partition coefficient (Wildman–Crippen LogP) is 2.64. The third-order valence-corrected chi connectivity index (χ3v) is 3.86. The fourth-order valence-corrected chi connectivity index (χ4v) is 2.69. The molecule has 0 amide bonds. The van der Waals surface area contributed by atoms with E-state index < -0.39 is 6.10 Å². The molecular weight excluding hydrogens is 300 g/mol. The average molecular weight is 322 g/mol. The number of nitrogens with zero attached hydrogens (tertiary/aromatic N) is 4. The van der Waals surface area contributed by atoms with E-state index in [-0.39, 0.29) is 0 Å². The number of aliphatic hydroxyl groups is 1. The molecular formula is C19H22N4O. The SMILES string of the molecule is CN(Cc1ccccc1)Cc1cn(CC(O)c2ccccc2)nn1. The van der Waals surface area contributed by atoms with Crippen molar-refractivity contribution in [2.45, 2.75) is 25.7 Å². The first-order valence-electron chi connectivity index (χ1n) is 8.05. The Morgan fingerprint density at radius 2 is 1.67 bits per heavy atom. The van der Waals surface area contributed by atoms with Crippen LogP contribution in [0.5, 0.6) is 0 Å². The maximum atomic E-state index is 10.3. The number of rotatable bonds is 7. The van der Waals surface area contributed by atoms with Crippen LogP contribution in [-0.2, 0) is 19.6 Å². The van der Waals surface area contributed by atoms with Crippen LogP contribution in [0.2, 0.25) is 0 Å². The fraction of sp³-hybridized carbons (Fsp3) is 0.263. The molecule has 0 aliphatic heterocycles. The van der Waals surface area contributed by atoms with Crippen molar-refractivity contribution < 1.29 is 5.11 Å². The van der Waals surface area contributed by atoms with Gasteiger partial charge in [-0.25, -0.2) is 4.68 Å². The predicted molar refractivity (Wildman–Crippen MR) is 93.0 cm³/mol. The van der Waals surface area contributed by atoms with Gasteiger partial charge < -0.3 is 5.11 Å². The van der Waals surface area contributed by atoms with Gasteiger partial charge >= 0.3 is 0 Å². The average Bonchev–Trinajstić information content (AvgIpc) is 3.03. The van der Waals surface area contributed by atoms with E-state index in [1.165, 1.54) is 5.56 Å². The zero-order chi connectivity index (χ0) is 16.8. The van der Waals surface area contributed by atoms with Gasteiger partial charge in [-0.05, 0) is 18.2 Å². The van der Waals surface area contributed by atoms with Crippen LogP contribution in [-0.4, -0.2) is 32.0 Å². The molecule has 0 bridgehead atoms. The highest BCUT2D eigenvalue weighted by Gasteiger charge is 2.10. The first-order chi connectivity index (χ1) is 11.7. The van der Waals surface area contributed by atoms with E-state index in [9.17, 15) is 5.11 Å². The second-order valence-electron chi connectivity index (χ2n) is 6.02. The summed E-state index contributed by atoms with van der Waals surface area (Å²) in [6.45, 7) is 1.98. The van der Waals surface area contributed by atoms with Crippen LogP contribution in [0.3, 0.4) is 0 Å². The Morgan fingerprint density at radius 3 is 2.38 bits per heavy atom. The lowest BCUT2D eigenvalue weighted by molar-refractivity contribution is 0.150. The maximum Gasteiger partial charge on any atom is 0.0986 e. The highest BCUT2D eigenvalue weighted by molar-refractivity contribution is 5.17. The summed E-state index contributed by atoms with van der Waals surface area (Å²) < 4.78 is 1.70. The van der Waals surface area contributed by atoms with Gasteiger partial charge in [-0.1, -0.05) is 65.9 Å². The summed E-state index contributed by atoms with van der Waals surface area (Å²) in [6, 6.07) is 19.9. The van der Waals surface area contributed by atoms with E-state index >= 15 is 0 Å². The van der Waals surface area contributed by atoms with Gasteiger partial charge in [-0.15, -0.1) is 5.10 Å². The van der Waals surface area contributed by atoms with Gasteiger partial charge in [0.25, 0.3) is 0 Å². The molecule has 1 unspecified atom stereocenters. The molecule has 5 nitrogen and oxygen atoms in total. The Hall–Kier alpha value is -2.50. The molecule has 3 aromatic rings. The standard InChI is InChI=1S/C19H22N4O/c1-22(12-16-8-4-2-5-9-16)13-18-14-23(21-20-18)15-19(24)17-10-6-3-7-11-17/h2-11,14,19,24H,12-13,15H2,1H3. The molecule has 0 saturated heterocycles. The molecule has 1 aromatic heterocycles. The van der Waals surface area contributed by atoms with Crippen LogP contribution < -0.4 is 0 Å². The zero-order valence-corrected chi connectivity index (χ0v) is 13.8. The zero-order valence-electron chi connectivity index (χ0n) is 13.8. The van der Waals surface area contributed by atoms with Gasteiger partial charge in [0.05, 0.1) is 18.3 Å². The lowest BCUT2D eigenvalue weighted by Gasteiger charge is -2.14. The first-order valence-corrected chi connectivity index (χ1v) is 8.05. The highest BCUT2D eigenvalue weighted by atomic mass is 16.3. The topological polar surface area (TPSA) is 54.2 Å². The first kappa shape index (κ1) is 16.4. The van der Waals surface area contributed by atoms with Gasteiger partial charge in [0.1, 0.15) is 0 Å². The summed E-state index contributed by atoms with van der Waals surface area (Å²) in [6.07, 6.45) is 1.32. The molecule has 1 heterocycles. The smallest absolute Gasteiger partial charge is 0.0986 e. The number of aliphatic hydroxyl groups excluding tert-OH is 1. The summed E-state index contributed by atoms with van der Waals surface area (Å²) in [5.41, 5.74) is 3.05. The van der Waals surface area contributed by atoms with Crippen molar-refractivity contribution in [3.63, 3.8) is 0 Å². The van der Waals surface area contributed by atoms with Gasteiger partial charge in [0.15, 0.2) is 0 Å². The quantitative estimate of drug-likeness (QED) is 0.726. The Morgan fingerprint density at radius 1 is 1.00 bits per heavy atom. The van der Waals surface area contributed by atoms with Crippen LogP contribution in [0.25, 0.3) is 0 Å². The Balaban J connectivity index is 1.55. The largest absolute Gasteiger partial charge is 0.386 e. The van der Waals surface area contributed by atoms with Crippen LogP contribution in [0.1, 0.15) is 22.9 Å². The molecule has 0 aliphatic carbocycles. The van der Waals surface area contributed by atoms with Crippen molar-refractivity contribution in [1.82, 2.24) is 19.9 Å². The molecule has 5 heteroatoms. The molecule has 3 rings (SSSR count). The number of hydrogen-bond acceptors (Lipinski definition) is 4. The third-order valence-electron chi connectivity index (χ3n) is 3.86. The maximum absolute atomic E-state index is 10.3. The molecule has 1 atom stereocenters. The normalized spacial score (nSPS) is 12.5. The molecule has 0 spiro atoms. The lowest BCUT2D eigenvalue weighted by atomic mass is 10.1. The van der Waals surface area contributed by atoms with Crippen molar-refractivity contribution in [3.05, 3.63) is 83.7 Å². The molecule has 124 valence electrons. The van der Waals surface area contributed by atoms with E-state index in [1.807, 2.05) is 54.7 Å². The van der Waals surface area contributed by atoms with Crippen LogP contribution in [0.15, 0.2) is 66.9 Å². The number of hydrogen-bond donors (Lipinski definition) is 1. The number of aromatic nitrogens is 3. The Bertz CT molecular complexity index is 742. The summed E-state index contributed by atoms with van der Waals surface area (Å²) in [5.74, 6) is 0. The minimum absolute atomic E-state index is 0.402. The van der Waals surface area contributed by atoms with Crippen molar-refractivity contribution in [2.75, 3.05) is 7.05 Å². The fourth-order valence-electron chi connectivity index (χ4n) is 2.69. The second kappa shape index (κ2) is 7.86. The minimum Gasteiger partial charge on any atom is -0.386 e. The van der Waals surface area contributed by atoms with Crippen molar-refractivity contribution in [1.29, 1.82) is 0 Å². The highest BCUT2D eigenvalue weighted by Crippen LogP contribution is 2.14. The van der Waals surface area contributed by atoms with Crippen LogP contribution in [0, 0.1) is 0 Å². The third kappa shape index (κ3) is 4.50. The molecule has 2 aromatic carbocycles. The lowest BCUT2D eigenvalue weighted by Crippen LogP contribution is -2.17. The van der Waals surface area contributed by atoms with Crippen molar-refractivity contribution in [2.24, 2.45) is 0 Å². The van der Waals surface area contributed by atoms with Crippen LogP contribution in [0.4, 0.5) is 0 Å². The molecule has 0 aliphatic rings.